The molecule has 1 aromatic heterocycles. The molecule has 1 saturated heterocycles. The lowest BCUT2D eigenvalue weighted by Crippen LogP contribution is -2.30. The first-order valence-corrected chi connectivity index (χ1v) is 13.0. The van der Waals surface area contributed by atoms with Crippen molar-refractivity contribution in [2.45, 2.75) is 13.5 Å². The summed E-state index contributed by atoms with van der Waals surface area (Å²) in [6, 6.07) is 12.1. The molecule has 1 aliphatic heterocycles. The van der Waals surface area contributed by atoms with Crippen LogP contribution in [-0.4, -0.2) is 49.0 Å². The van der Waals surface area contributed by atoms with Crippen molar-refractivity contribution in [3.8, 4) is 11.5 Å². The molecule has 0 bridgehead atoms. The van der Waals surface area contributed by atoms with Crippen LogP contribution < -0.4 is 20.1 Å². The summed E-state index contributed by atoms with van der Waals surface area (Å²) in [5.41, 5.74) is 1.11. The van der Waals surface area contributed by atoms with Crippen molar-refractivity contribution < 1.29 is 37.8 Å². The maximum atomic E-state index is 13.0. The molecule has 0 atom stereocenters. The van der Waals surface area contributed by atoms with E-state index in [1.807, 2.05) is 0 Å². The van der Waals surface area contributed by atoms with E-state index in [-0.39, 0.29) is 36.1 Å². The molecular formula is C27H23BrClN3O8. The van der Waals surface area contributed by atoms with Crippen molar-refractivity contribution >= 4 is 63.1 Å². The number of anilines is 1. The topological polar surface area (TPSA) is 136 Å². The highest BCUT2D eigenvalue weighted by Crippen LogP contribution is 2.38. The maximum Gasteiger partial charge on any atom is 0.373 e. The van der Waals surface area contributed by atoms with E-state index in [0.29, 0.717) is 33.1 Å². The number of carbonyl (C=O) groups excluding carboxylic acids is 4. The van der Waals surface area contributed by atoms with Gasteiger partial charge in [-0.2, -0.15) is 0 Å². The average Bonchev–Trinajstić information content (AvgIpc) is 3.49. The number of rotatable bonds is 10. The van der Waals surface area contributed by atoms with Crippen LogP contribution in [0.25, 0.3) is 6.08 Å². The van der Waals surface area contributed by atoms with E-state index in [9.17, 15) is 19.2 Å². The number of ether oxygens (including phenoxy) is 3. The van der Waals surface area contributed by atoms with Gasteiger partial charge in [0.2, 0.25) is 5.76 Å². The van der Waals surface area contributed by atoms with E-state index < -0.39 is 23.8 Å². The van der Waals surface area contributed by atoms with Gasteiger partial charge in [0.25, 0.3) is 11.8 Å². The molecule has 0 radical (unpaired) electrons. The second-order valence-corrected chi connectivity index (χ2v) is 9.53. The number of benzene rings is 2. The first-order chi connectivity index (χ1) is 19.2. The summed E-state index contributed by atoms with van der Waals surface area (Å²) < 4.78 is 21.9. The van der Waals surface area contributed by atoms with Crippen LogP contribution in [0.1, 0.15) is 28.8 Å². The Hall–Kier alpha value is -4.29. The predicted octanol–water partition coefficient (Wildman–Crippen LogP) is 4.99. The second kappa shape index (κ2) is 12.7. The third kappa shape index (κ3) is 6.82. The van der Waals surface area contributed by atoms with Crippen molar-refractivity contribution in [3.05, 3.63) is 80.8 Å². The molecule has 4 rings (SSSR count). The Kier molecular flexibility index (Phi) is 9.12. The SMILES string of the molecule is CCOc1cc(/C=C2\NC(=O)N(Cc3ccc(C(=O)OC)o3)C2=O)cc(Br)c1OCC(=O)Nc1ccc(Cl)cc1. The number of esters is 1. The van der Waals surface area contributed by atoms with E-state index in [2.05, 4.69) is 31.3 Å². The number of furan rings is 1. The van der Waals surface area contributed by atoms with Crippen LogP contribution in [-0.2, 0) is 20.9 Å². The third-order valence-corrected chi connectivity index (χ3v) is 6.28. The van der Waals surface area contributed by atoms with Gasteiger partial charge in [-0.15, -0.1) is 0 Å². The number of urea groups is 1. The number of methoxy groups -OCH3 is 1. The fraction of sp³-hybridized carbons (Fsp3) is 0.185. The molecule has 0 aliphatic carbocycles. The fourth-order valence-electron chi connectivity index (χ4n) is 3.65. The minimum atomic E-state index is -0.672. The van der Waals surface area contributed by atoms with Crippen molar-refractivity contribution in [1.82, 2.24) is 10.2 Å². The average molecular weight is 633 g/mol. The number of hydrogen-bond donors (Lipinski definition) is 2. The van der Waals surface area contributed by atoms with Gasteiger partial charge in [0.1, 0.15) is 11.5 Å². The first kappa shape index (κ1) is 28.7. The second-order valence-electron chi connectivity index (χ2n) is 8.24. The first-order valence-electron chi connectivity index (χ1n) is 11.8. The molecule has 40 heavy (non-hydrogen) atoms. The summed E-state index contributed by atoms with van der Waals surface area (Å²) in [6.07, 6.45) is 1.48. The molecule has 1 aliphatic rings. The number of nitrogens with one attached hydrogen (secondary N) is 2. The quantitative estimate of drug-likeness (QED) is 0.181. The summed E-state index contributed by atoms with van der Waals surface area (Å²) in [5.74, 6) is -0.854. The summed E-state index contributed by atoms with van der Waals surface area (Å²) >= 11 is 9.30. The number of halogens is 2. The molecule has 0 saturated carbocycles. The number of hydrogen-bond acceptors (Lipinski definition) is 8. The van der Waals surface area contributed by atoms with Crippen LogP contribution in [0.15, 0.2) is 63.1 Å². The summed E-state index contributed by atoms with van der Waals surface area (Å²) in [5, 5.41) is 5.79. The van der Waals surface area contributed by atoms with Gasteiger partial charge in [-0.3, -0.25) is 14.5 Å². The standard InChI is InChI=1S/C27H23BrClN3O8/c1-3-38-22-12-15(10-19(28)24(22)39-14-23(33)30-17-6-4-16(29)5-7-17)11-20-25(34)32(27(36)31-20)13-18-8-9-21(40-18)26(35)37-2/h4-12H,3,13-14H2,1-2H3,(H,30,33)(H,31,36)/b20-11-. The molecule has 1 fully saturated rings. The molecule has 0 spiro atoms. The Labute approximate surface area is 242 Å². The molecule has 2 N–H and O–H groups in total. The highest BCUT2D eigenvalue weighted by molar-refractivity contribution is 9.10. The van der Waals surface area contributed by atoms with E-state index >= 15 is 0 Å². The van der Waals surface area contributed by atoms with Crippen molar-refractivity contribution in [1.29, 1.82) is 0 Å². The zero-order chi connectivity index (χ0) is 28.8. The molecule has 13 heteroatoms. The van der Waals surface area contributed by atoms with Gasteiger partial charge in [-0.25, -0.2) is 9.59 Å². The van der Waals surface area contributed by atoms with Gasteiger partial charge in [0, 0.05) is 10.7 Å². The van der Waals surface area contributed by atoms with E-state index in [1.165, 1.54) is 25.3 Å². The predicted molar refractivity (Wildman–Crippen MR) is 148 cm³/mol. The van der Waals surface area contributed by atoms with Crippen LogP contribution in [0.4, 0.5) is 10.5 Å². The highest BCUT2D eigenvalue weighted by atomic mass is 79.9. The fourth-order valence-corrected chi connectivity index (χ4v) is 4.35. The molecule has 11 nitrogen and oxygen atoms in total. The Morgan fingerprint density at radius 1 is 1.12 bits per heavy atom. The highest BCUT2D eigenvalue weighted by Gasteiger charge is 2.34. The normalized spacial score (nSPS) is 13.8. The molecule has 0 unspecified atom stereocenters. The van der Waals surface area contributed by atoms with Gasteiger partial charge in [0.05, 0.1) is 24.7 Å². The van der Waals surface area contributed by atoms with Gasteiger partial charge >= 0.3 is 12.0 Å². The van der Waals surface area contributed by atoms with Crippen LogP contribution in [0.2, 0.25) is 5.02 Å². The molecule has 208 valence electrons. The maximum absolute atomic E-state index is 13.0. The Bertz CT molecular complexity index is 1490. The minimum absolute atomic E-state index is 0.0232. The number of imide groups is 1. The summed E-state index contributed by atoms with van der Waals surface area (Å²) in [7, 11) is 1.22. The zero-order valence-electron chi connectivity index (χ0n) is 21.3. The Morgan fingerprint density at radius 3 is 2.58 bits per heavy atom. The van der Waals surface area contributed by atoms with Crippen molar-refractivity contribution in [2.24, 2.45) is 0 Å². The lowest BCUT2D eigenvalue weighted by Gasteiger charge is -2.15. The van der Waals surface area contributed by atoms with Crippen molar-refractivity contribution in [3.63, 3.8) is 0 Å². The molecule has 2 aromatic carbocycles. The van der Waals surface area contributed by atoms with E-state index in [0.717, 1.165) is 4.90 Å². The number of nitrogens with zero attached hydrogens (tertiary/aromatic N) is 1. The van der Waals surface area contributed by atoms with Crippen LogP contribution in [0, 0.1) is 0 Å². The van der Waals surface area contributed by atoms with Gasteiger partial charge in [-0.1, -0.05) is 11.6 Å². The third-order valence-electron chi connectivity index (χ3n) is 5.44. The van der Waals surface area contributed by atoms with E-state index in [4.69, 9.17) is 25.5 Å². The monoisotopic (exact) mass is 631 g/mol. The number of amides is 4. The van der Waals surface area contributed by atoms with Gasteiger partial charge in [0.15, 0.2) is 18.1 Å². The van der Waals surface area contributed by atoms with Crippen LogP contribution in [0.3, 0.4) is 0 Å². The lowest BCUT2D eigenvalue weighted by molar-refractivity contribution is -0.123. The van der Waals surface area contributed by atoms with Crippen molar-refractivity contribution in [2.75, 3.05) is 25.6 Å². The Balaban J connectivity index is 1.47. The molecule has 2 heterocycles. The number of carbonyl (C=O) groups is 4. The lowest BCUT2D eigenvalue weighted by atomic mass is 10.1. The molecular weight excluding hydrogens is 610 g/mol. The summed E-state index contributed by atoms with van der Waals surface area (Å²) in [4.78, 5) is 50.4. The van der Waals surface area contributed by atoms with Gasteiger partial charge in [-0.05, 0) is 83.0 Å². The van der Waals surface area contributed by atoms with Crippen LogP contribution in [0.5, 0.6) is 11.5 Å². The zero-order valence-corrected chi connectivity index (χ0v) is 23.6. The van der Waals surface area contributed by atoms with Crippen LogP contribution >= 0.6 is 27.5 Å². The van der Waals surface area contributed by atoms with Gasteiger partial charge < -0.3 is 29.3 Å². The summed E-state index contributed by atoms with van der Waals surface area (Å²) in [6.45, 7) is 1.61. The molecule has 4 amide bonds. The smallest absolute Gasteiger partial charge is 0.373 e. The van der Waals surface area contributed by atoms with E-state index in [1.54, 1.807) is 43.3 Å². The molecule has 3 aromatic rings. The largest absolute Gasteiger partial charge is 0.490 e. The Morgan fingerprint density at radius 2 is 1.88 bits per heavy atom. The minimum Gasteiger partial charge on any atom is -0.490 e.